The number of para-hydroxylation sites is 1. The van der Waals surface area contributed by atoms with Gasteiger partial charge in [0.25, 0.3) is 0 Å². The number of thiazole rings is 1. The molecule has 0 aliphatic carbocycles. The molecule has 0 aliphatic heterocycles. The molecule has 0 radical (unpaired) electrons. The Morgan fingerprint density at radius 2 is 1.76 bits per heavy atom. The number of fused-ring (bicyclic) bond motifs is 1. The fraction of sp³-hybridized carbons (Fsp3) is 0.0500. The summed E-state index contributed by atoms with van der Waals surface area (Å²) in [7, 11) is 0. The minimum Gasteiger partial charge on any atom is -0.381 e. The van der Waals surface area contributed by atoms with E-state index < -0.39 is 11.6 Å². The van der Waals surface area contributed by atoms with E-state index in [4.69, 9.17) is 0 Å². The predicted molar refractivity (Wildman–Crippen MR) is 98.7 cm³/mol. The molecule has 0 unspecified atom stereocenters. The number of nitrogens with zero attached hydrogens (tertiary/aromatic N) is 1. The summed E-state index contributed by atoms with van der Waals surface area (Å²) in [5, 5.41) is 4.20. The molecule has 1 aromatic heterocycles. The van der Waals surface area contributed by atoms with Crippen LogP contribution >= 0.6 is 11.3 Å². The van der Waals surface area contributed by atoms with Gasteiger partial charge in [-0.2, -0.15) is 0 Å². The number of anilines is 1. The molecule has 0 atom stereocenters. The summed E-state index contributed by atoms with van der Waals surface area (Å²) in [5.74, 6) is -1.66. The van der Waals surface area contributed by atoms with Crippen molar-refractivity contribution in [2.75, 3.05) is 5.32 Å². The smallest absolute Gasteiger partial charge is 0.159 e. The fourth-order valence-electron chi connectivity index (χ4n) is 2.61. The average molecular weight is 352 g/mol. The van der Waals surface area contributed by atoms with E-state index in [1.807, 2.05) is 42.5 Å². The average Bonchev–Trinajstić information content (AvgIpc) is 3.07. The molecule has 3 aromatic carbocycles. The van der Waals surface area contributed by atoms with Gasteiger partial charge in [0.1, 0.15) is 5.01 Å². The van der Waals surface area contributed by atoms with Gasteiger partial charge < -0.3 is 5.32 Å². The fourth-order valence-corrected chi connectivity index (χ4v) is 3.57. The van der Waals surface area contributed by atoms with Crippen LogP contribution in [0.2, 0.25) is 0 Å². The zero-order valence-electron chi connectivity index (χ0n) is 13.2. The highest BCUT2D eigenvalue weighted by Crippen LogP contribution is 2.31. The number of rotatable bonds is 4. The maximum Gasteiger partial charge on any atom is 0.159 e. The molecule has 0 spiro atoms. The minimum absolute atomic E-state index is 0.417. The van der Waals surface area contributed by atoms with Crippen LogP contribution in [0.1, 0.15) is 5.56 Å². The van der Waals surface area contributed by atoms with Crippen LogP contribution in [0.5, 0.6) is 0 Å². The number of benzene rings is 3. The highest BCUT2D eigenvalue weighted by atomic mass is 32.1. The molecule has 2 nitrogen and oxygen atoms in total. The van der Waals surface area contributed by atoms with Crippen molar-refractivity contribution in [3.8, 4) is 10.6 Å². The first kappa shape index (κ1) is 15.7. The van der Waals surface area contributed by atoms with Crippen LogP contribution in [0.3, 0.4) is 0 Å². The normalized spacial score (nSPS) is 11.0. The summed E-state index contributed by atoms with van der Waals surface area (Å²) in [6.07, 6.45) is 0. The molecular formula is C20H14F2N2S. The third-order valence-corrected chi connectivity index (χ3v) is 4.97. The van der Waals surface area contributed by atoms with Crippen LogP contribution in [0.15, 0.2) is 66.7 Å². The number of halogens is 2. The van der Waals surface area contributed by atoms with Crippen LogP contribution in [0.4, 0.5) is 14.5 Å². The lowest BCUT2D eigenvalue weighted by atomic mass is 10.2. The second kappa shape index (κ2) is 6.61. The van der Waals surface area contributed by atoms with E-state index in [0.29, 0.717) is 12.1 Å². The maximum absolute atomic E-state index is 13.3. The second-order valence-electron chi connectivity index (χ2n) is 5.67. The van der Waals surface area contributed by atoms with Crippen molar-refractivity contribution in [2.24, 2.45) is 0 Å². The van der Waals surface area contributed by atoms with Crippen molar-refractivity contribution in [2.45, 2.75) is 6.54 Å². The summed E-state index contributed by atoms with van der Waals surface area (Å²) in [5.41, 5.74) is 3.60. The summed E-state index contributed by atoms with van der Waals surface area (Å²) in [6, 6.07) is 19.9. The van der Waals surface area contributed by atoms with Crippen molar-refractivity contribution < 1.29 is 8.78 Å². The van der Waals surface area contributed by atoms with Gasteiger partial charge in [0, 0.05) is 17.8 Å². The molecule has 0 saturated heterocycles. The van der Waals surface area contributed by atoms with Crippen LogP contribution in [-0.2, 0) is 6.54 Å². The highest BCUT2D eigenvalue weighted by molar-refractivity contribution is 7.21. The van der Waals surface area contributed by atoms with E-state index in [9.17, 15) is 8.78 Å². The largest absolute Gasteiger partial charge is 0.381 e. The molecule has 0 amide bonds. The van der Waals surface area contributed by atoms with Crippen LogP contribution in [-0.4, -0.2) is 4.98 Å². The summed E-state index contributed by atoms with van der Waals surface area (Å²) < 4.78 is 27.4. The van der Waals surface area contributed by atoms with Gasteiger partial charge in [0.2, 0.25) is 0 Å². The quantitative estimate of drug-likeness (QED) is 0.498. The molecule has 25 heavy (non-hydrogen) atoms. The van der Waals surface area contributed by atoms with Gasteiger partial charge in [-0.1, -0.05) is 30.3 Å². The first-order valence-corrected chi connectivity index (χ1v) is 8.64. The molecule has 4 aromatic rings. The Morgan fingerprint density at radius 3 is 2.60 bits per heavy atom. The molecular weight excluding hydrogens is 338 g/mol. The van der Waals surface area contributed by atoms with E-state index in [0.717, 1.165) is 32.5 Å². The van der Waals surface area contributed by atoms with Gasteiger partial charge in [-0.15, -0.1) is 11.3 Å². The molecule has 4 rings (SSSR count). The lowest BCUT2D eigenvalue weighted by molar-refractivity contribution is 0.507. The van der Waals surface area contributed by atoms with Gasteiger partial charge in [-0.05, 0) is 42.0 Å². The molecule has 0 saturated carbocycles. The van der Waals surface area contributed by atoms with Gasteiger partial charge >= 0.3 is 0 Å². The number of hydrogen-bond donors (Lipinski definition) is 1. The van der Waals surface area contributed by atoms with Gasteiger partial charge in [-0.25, -0.2) is 13.8 Å². The molecule has 0 bridgehead atoms. The Labute approximate surface area is 147 Å². The Bertz CT molecular complexity index is 1010. The minimum atomic E-state index is -0.832. The van der Waals surface area contributed by atoms with E-state index >= 15 is 0 Å². The summed E-state index contributed by atoms with van der Waals surface area (Å²) in [6.45, 7) is 0.417. The van der Waals surface area contributed by atoms with Crippen LogP contribution < -0.4 is 5.32 Å². The lowest BCUT2D eigenvalue weighted by Crippen LogP contribution is -2.00. The van der Waals surface area contributed by atoms with Crippen molar-refractivity contribution >= 4 is 27.2 Å². The summed E-state index contributed by atoms with van der Waals surface area (Å²) >= 11 is 1.65. The molecule has 124 valence electrons. The standard InChI is InChI=1S/C20H14F2N2S/c21-16-9-8-13(10-17(16)22)12-23-15-5-3-4-14(11-15)20-24-18-6-1-2-7-19(18)25-20/h1-11,23H,12H2. The zero-order chi connectivity index (χ0) is 17.2. The molecule has 5 heteroatoms. The maximum atomic E-state index is 13.3. The van der Waals surface area contributed by atoms with E-state index in [1.165, 1.54) is 6.07 Å². The van der Waals surface area contributed by atoms with Crippen molar-refractivity contribution in [3.63, 3.8) is 0 Å². The van der Waals surface area contributed by atoms with Crippen LogP contribution in [0, 0.1) is 11.6 Å². The zero-order valence-corrected chi connectivity index (χ0v) is 14.0. The number of hydrogen-bond acceptors (Lipinski definition) is 3. The topological polar surface area (TPSA) is 24.9 Å². The summed E-state index contributed by atoms with van der Waals surface area (Å²) in [4.78, 5) is 4.66. The van der Waals surface area contributed by atoms with Crippen molar-refractivity contribution in [1.82, 2.24) is 4.98 Å². The predicted octanol–water partition coefficient (Wildman–Crippen LogP) is 5.85. The second-order valence-corrected chi connectivity index (χ2v) is 6.70. The van der Waals surface area contributed by atoms with Crippen LogP contribution in [0.25, 0.3) is 20.8 Å². The van der Waals surface area contributed by atoms with Gasteiger partial charge in [-0.3, -0.25) is 0 Å². The molecule has 0 fully saturated rings. The SMILES string of the molecule is Fc1ccc(CNc2cccc(-c3nc4ccccc4s3)c2)cc1F. The Balaban J connectivity index is 1.55. The lowest BCUT2D eigenvalue weighted by Gasteiger charge is -2.08. The van der Waals surface area contributed by atoms with E-state index in [1.54, 1.807) is 17.4 Å². The first-order chi connectivity index (χ1) is 12.2. The third-order valence-electron chi connectivity index (χ3n) is 3.88. The van der Waals surface area contributed by atoms with Gasteiger partial charge in [0.15, 0.2) is 11.6 Å². The Kier molecular flexibility index (Phi) is 4.15. The van der Waals surface area contributed by atoms with E-state index in [-0.39, 0.29) is 0 Å². The van der Waals surface area contributed by atoms with E-state index in [2.05, 4.69) is 16.4 Å². The van der Waals surface area contributed by atoms with Gasteiger partial charge in [0.05, 0.1) is 10.2 Å². The molecule has 1 heterocycles. The Hall–Kier alpha value is -2.79. The Morgan fingerprint density at radius 1 is 0.880 bits per heavy atom. The number of nitrogens with one attached hydrogen (secondary N) is 1. The van der Waals surface area contributed by atoms with Crippen molar-refractivity contribution in [3.05, 3.63) is 83.9 Å². The first-order valence-electron chi connectivity index (χ1n) is 7.83. The number of aromatic nitrogens is 1. The molecule has 0 aliphatic rings. The van der Waals surface area contributed by atoms with Crippen molar-refractivity contribution in [1.29, 1.82) is 0 Å². The monoisotopic (exact) mass is 352 g/mol. The third kappa shape index (κ3) is 3.37. The highest BCUT2D eigenvalue weighted by Gasteiger charge is 2.07. The molecule has 1 N–H and O–H groups in total.